The molecule has 118 valence electrons. The van der Waals surface area contributed by atoms with Crippen LogP contribution in [0.4, 0.5) is 0 Å². The molecule has 23 heavy (non-hydrogen) atoms. The van der Waals surface area contributed by atoms with Gasteiger partial charge in [-0.05, 0) is 30.0 Å². The van der Waals surface area contributed by atoms with Gasteiger partial charge in [0.05, 0.1) is 12.3 Å². The standard InChI is InChI=1S/C17H16N2O2S2/c1-2-21-18-14-10-23-17-12-6-4-3-5-11(12)16(20)19(17)9-15-13(14)7-8-22-15/h3-8,17H,2,9-10H2,1H3/b18-14+. The van der Waals surface area contributed by atoms with E-state index in [9.17, 15) is 4.79 Å². The molecule has 0 saturated carbocycles. The Hall–Kier alpha value is -1.79. The van der Waals surface area contributed by atoms with Gasteiger partial charge in [-0.15, -0.1) is 23.1 Å². The molecule has 0 fully saturated rings. The van der Waals surface area contributed by atoms with Crippen LogP contribution in [0.15, 0.2) is 40.9 Å². The van der Waals surface area contributed by atoms with Crippen LogP contribution in [0.2, 0.25) is 0 Å². The van der Waals surface area contributed by atoms with Gasteiger partial charge in [0.15, 0.2) is 0 Å². The van der Waals surface area contributed by atoms with E-state index in [4.69, 9.17) is 4.84 Å². The highest BCUT2D eigenvalue weighted by Gasteiger charge is 2.38. The minimum Gasteiger partial charge on any atom is -0.396 e. The van der Waals surface area contributed by atoms with E-state index in [2.05, 4.69) is 22.7 Å². The first-order valence-corrected chi connectivity index (χ1v) is 9.49. The molecule has 0 radical (unpaired) electrons. The van der Waals surface area contributed by atoms with Gasteiger partial charge < -0.3 is 9.74 Å². The number of carbonyl (C=O) groups excluding carboxylic acids is 1. The van der Waals surface area contributed by atoms with Crippen LogP contribution in [0.3, 0.4) is 0 Å². The summed E-state index contributed by atoms with van der Waals surface area (Å²) in [6.45, 7) is 3.12. The second-order valence-electron chi connectivity index (χ2n) is 5.40. The maximum atomic E-state index is 12.7. The molecule has 2 aliphatic rings. The topological polar surface area (TPSA) is 41.9 Å². The summed E-state index contributed by atoms with van der Waals surface area (Å²) in [4.78, 5) is 21.2. The fraction of sp³-hybridized carbons (Fsp3) is 0.294. The largest absolute Gasteiger partial charge is 0.396 e. The Morgan fingerprint density at radius 3 is 3.04 bits per heavy atom. The Labute approximate surface area is 143 Å². The lowest BCUT2D eigenvalue weighted by molar-refractivity contribution is 0.0763. The van der Waals surface area contributed by atoms with Gasteiger partial charge in [-0.3, -0.25) is 4.79 Å². The van der Waals surface area contributed by atoms with Crippen LogP contribution in [0.1, 0.15) is 38.7 Å². The fourth-order valence-electron chi connectivity index (χ4n) is 3.00. The van der Waals surface area contributed by atoms with E-state index >= 15 is 0 Å². The number of benzene rings is 1. The van der Waals surface area contributed by atoms with Crippen molar-refractivity contribution in [1.29, 1.82) is 0 Å². The van der Waals surface area contributed by atoms with Crippen molar-refractivity contribution in [2.24, 2.45) is 5.16 Å². The third-order valence-electron chi connectivity index (χ3n) is 4.05. The number of amides is 1. The van der Waals surface area contributed by atoms with Gasteiger partial charge in [-0.2, -0.15) is 0 Å². The van der Waals surface area contributed by atoms with Crippen molar-refractivity contribution in [2.75, 3.05) is 12.4 Å². The van der Waals surface area contributed by atoms with E-state index in [-0.39, 0.29) is 11.3 Å². The van der Waals surface area contributed by atoms with Gasteiger partial charge in [-0.25, -0.2) is 0 Å². The van der Waals surface area contributed by atoms with Crippen LogP contribution in [0.25, 0.3) is 0 Å². The number of nitrogens with zero attached hydrogens (tertiary/aromatic N) is 2. The molecule has 0 N–H and O–H groups in total. The molecule has 1 amide bonds. The van der Waals surface area contributed by atoms with Crippen molar-refractivity contribution in [3.8, 4) is 0 Å². The first-order chi connectivity index (χ1) is 11.3. The Balaban J connectivity index is 1.76. The summed E-state index contributed by atoms with van der Waals surface area (Å²) in [6, 6.07) is 9.99. The van der Waals surface area contributed by atoms with Gasteiger partial charge in [0, 0.05) is 21.8 Å². The monoisotopic (exact) mass is 344 g/mol. The third kappa shape index (κ3) is 2.46. The van der Waals surface area contributed by atoms with Crippen LogP contribution in [0, 0.1) is 0 Å². The van der Waals surface area contributed by atoms with Crippen LogP contribution in [0.5, 0.6) is 0 Å². The number of fused-ring (bicyclic) bond motifs is 4. The fourth-order valence-corrected chi connectivity index (χ4v) is 5.15. The summed E-state index contributed by atoms with van der Waals surface area (Å²) in [5.74, 6) is 0.856. The number of thioether (sulfide) groups is 1. The van der Waals surface area contributed by atoms with E-state index in [1.165, 1.54) is 4.88 Å². The van der Waals surface area contributed by atoms with Gasteiger partial charge >= 0.3 is 0 Å². The molecule has 1 aromatic heterocycles. The number of hydrogen-bond donors (Lipinski definition) is 0. The zero-order chi connectivity index (χ0) is 15.8. The van der Waals surface area contributed by atoms with E-state index in [1.54, 1.807) is 23.1 Å². The summed E-state index contributed by atoms with van der Waals surface area (Å²) >= 11 is 3.41. The summed E-state index contributed by atoms with van der Waals surface area (Å²) in [5.41, 5.74) is 4.01. The van der Waals surface area contributed by atoms with Crippen molar-refractivity contribution in [2.45, 2.75) is 18.8 Å². The first kappa shape index (κ1) is 14.8. The lowest BCUT2D eigenvalue weighted by Gasteiger charge is -2.27. The molecule has 1 aromatic carbocycles. The predicted molar refractivity (Wildman–Crippen MR) is 94.0 cm³/mol. The van der Waals surface area contributed by atoms with Crippen LogP contribution < -0.4 is 0 Å². The molecule has 2 aromatic rings. The van der Waals surface area contributed by atoms with Crippen LogP contribution in [-0.4, -0.2) is 28.9 Å². The molecule has 6 heteroatoms. The molecular formula is C17H16N2O2S2. The van der Waals surface area contributed by atoms with E-state index < -0.39 is 0 Å². The minimum atomic E-state index is 0.0563. The van der Waals surface area contributed by atoms with Crippen molar-refractivity contribution in [3.63, 3.8) is 0 Å². The minimum absolute atomic E-state index is 0.0563. The van der Waals surface area contributed by atoms with Crippen molar-refractivity contribution in [3.05, 3.63) is 57.3 Å². The average molecular weight is 344 g/mol. The maximum Gasteiger partial charge on any atom is 0.255 e. The van der Waals surface area contributed by atoms with Crippen LogP contribution >= 0.6 is 23.1 Å². The molecule has 0 spiro atoms. The van der Waals surface area contributed by atoms with Crippen molar-refractivity contribution < 1.29 is 9.63 Å². The predicted octanol–water partition coefficient (Wildman–Crippen LogP) is 3.89. The van der Waals surface area contributed by atoms with Gasteiger partial charge in [0.1, 0.15) is 12.0 Å². The molecule has 0 aliphatic carbocycles. The number of rotatable bonds is 2. The van der Waals surface area contributed by atoms with Gasteiger partial charge in [0.2, 0.25) is 0 Å². The van der Waals surface area contributed by atoms with E-state index in [0.29, 0.717) is 13.2 Å². The second kappa shape index (κ2) is 6.02. The Morgan fingerprint density at radius 2 is 2.17 bits per heavy atom. The van der Waals surface area contributed by atoms with Crippen LogP contribution in [-0.2, 0) is 11.4 Å². The molecule has 4 nitrogen and oxygen atoms in total. The highest BCUT2D eigenvalue weighted by Crippen LogP contribution is 2.44. The second-order valence-corrected chi connectivity index (χ2v) is 7.47. The van der Waals surface area contributed by atoms with Gasteiger partial charge in [-0.1, -0.05) is 23.4 Å². The maximum absolute atomic E-state index is 12.7. The van der Waals surface area contributed by atoms with E-state index in [0.717, 1.165) is 28.2 Å². The quantitative estimate of drug-likeness (QED) is 0.776. The smallest absolute Gasteiger partial charge is 0.255 e. The lowest BCUT2D eigenvalue weighted by atomic mass is 10.1. The molecule has 0 bridgehead atoms. The number of oxime groups is 1. The van der Waals surface area contributed by atoms with Crippen molar-refractivity contribution in [1.82, 2.24) is 4.90 Å². The first-order valence-electron chi connectivity index (χ1n) is 7.56. The Kier molecular flexibility index (Phi) is 3.87. The normalized spacial score (nSPS) is 21.4. The van der Waals surface area contributed by atoms with Crippen molar-refractivity contribution >= 4 is 34.7 Å². The average Bonchev–Trinajstić information content (AvgIpc) is 3.11. The third-order valence-corrected chi connectivity index (χ3v) is 6.22. The SMILES string of the molecule is CCO/N=C1\CSC2c3ccccc3C(=O)N2Cc2sccc21. The number of hydrogen-bond acceptors (Lipinski definition) is 5. The molecule has 1 atom stereocenters. The lowest BCUT2D eigenvalue weighted by Crippen LogP contribution is -2.29. The van der Waals surface area contributed by atoms with Gasteiger partial charge in [0.25, 0.3) is 5.91 Å². The molecule has 3 heterocycles. The summed E-state index contributed by atoms with van der Waals surface area (Å²) in [7, 11) is 0. The summed E-state index contributed by atoms with van der Waals surface area (Å²) in [5, 5.41) is 6.42. The number of carbonyl (C=O) groups is 1. The summed E-state index contributed by atoms with van der Waals surface area (Å²) < 4.78 is 0. The zero-order valence-corrected chi connectivity index (χ0v) is 14.3. The Bertz CT molecular complexity index is 784. The molecular weight excluding hydrogens is 328 g/mol. The molecule has 2 aliphatic heterocycles. The zero-order valence-electron chi connectivity index (χ0n) is 12.7. The number of thiophene rings is 1. The van der Waals surface area contributed by atoms with E-state index in [1.807, 2.05) is 30.0 Å². The molecule has 1 unspecified atom stereocenters. The highest BCUT2D eigenvalue weighted by atomic mass is 32.2. The highest BCUT2D eigenvalue weighted by molar-refractivity contribution is 8.00. The molecule has 0 saturated heterocycles. The molecule has 4 rings (SSSR count). The Morgan fingerprint density at radius 1 is 1.30 bits per heavy atom. The summed E-state index contributed by atoms with van der Waals surface area (Å²) in [6.07, 6.45) is 0.